The highest BCUT2D eigenvalue weighted by Crippen LogP contribution is 2.51. The van der Waals surface area contributed by atoms with Crippen LogP contribution in [0, 0.1) is 29.6 Å². The number of ketones is 2. The van der Waals surface area contributed by atoms with Crippen LogP contribution in [-0.4, -0.2) is 43.9 Å². The summed E-state index contributed by atoms with van der Waals surface area (Å²) in [5.74, 6) is -1.04. The Kier molecular flexibility index (Phi) is 4.87. The number of aromatic nitrogens is 1. The third-order valence-electron chi connectivity index (χ3n) is 8.12. The highest BCUT2D eigenvalue weighted by molar-refractivity contribution is 6.01. The molecule has 3 N–H and O–H groups in total. The average molecular weight is 443 g/mol. The van der Waals surface area contributed by atoms with Crippen LogP contribution < -0.4 is 5.56 Å². The molecular weight excluding hydrogens is 414 g/mol. The van der Waals surface area contributed by atoms with E-state index in [9.17, 15) is 29.8 Å². The average Bonchev–Trinajstić information content (AvgIpc) is 3.56. The summed E-state index contributed by atoms with van der Waals surface area (Å²) >= 11 is 0. The number of carbonyl (C=O) groups excluding carboxylic acids is 2. The number of hydrogen-bond acceptors (Lipinski definition) is 7. The number of hydrogen-bond donors (Lipinski definition) is 3. The summed E-state index contributed by atoms with van der Waals surface area (Å²) in [4.78, 5) is 38.4. The molecule has 1 saturated heterocycles. The third-order valence-corrected chi connectivity index (χ3v) is 8.12. The Hall–Kier alpha value is -2.45. The van der Waals surface area contributed by atoms with Crippen molar-refractivity contribution in [1.82, 2.24) is 4.73 Å². The molecule has 0 aromatic carbocycles. The first-order valence-electron chi connectivity index (χ1n) is 11.4. The van der Waals surface area contributed by atoms with Crippen molar-refractivity contribution in [2.45, 2.75) is 63.8 Å². The Labute approximate surface area is 185 Å². The fourth-order valence-electron chi connectivity index (χ4n) is 6.28. The molecule has 172 valence electrons. The van der Waals surface area contributed by atoms with E-state index in [2.05, 4.69) is 13.0 Å². The number of pyridine rings is 1. The maximum atomic E-state index is 13.7. The predicted octanol–water partition coefficient (Wildman–Crippen LogP) is 2.17. The topological polar surface area (TPSA) is 129 Å². The van der Waals surface area contributed by atoms with E-state index in [-0.39, 0.29) is 46.7 Å². The van der Waals surface area contributed by atoms with Crippen molar-refractivity contribution in [1.29, 1.82) is 0 Å². The van der Waals surface area contributed by atoms with E-state index < -0.39 is 46.4 Å². The number of aliphatic hydroxyl groups is 1. The molecule has 4 aliphatic rings. The number of allylic oxidation sites excluding steroid dienone is 2. The maximum Gasteiger partial charge on any atom is 0.297 e. The van der Waals surface area contributed by atoms with E-state index in [1.807, 2.05) is 13.0 Å². The molecule has 8 heteroatoms. The standard InChI is InChI=1S/C24H29NO7/c1-11-3-6-14-13(9-11)5-4-12(2)17(14)20(28)18-19(27)15(10-25(31)23(18)29)24(30)8-7-16(26)21-22(24)32-21/h4-5,10-14,17,21-22,27,30-31H,3,6-9H2,1-2H3/t11-,12-,13-,14-,17-,21-,22-,24+/m0/s1. The Bertz CT molecular complexity index is 1070. The molecule has 0 radical (unpaired) electrons. The van der Waals surface area contributed by atoms with Gasteiger partial charge in [-0.05, 0) is 42.9 Å². The number of nitrogens with zero attached hydrogens (tertiary/aromatic N) is 1. The van der Waals surface area contributed by atoms with Crippen molar-refractivity contribution in [2.75, 3.05) is 0 Å². The van der Waals surface area contributed by atoms with Crippen LogP contribution in [0.5, 0.6) is 5.75 Å². The van der Waals surface area contributed by atoms with Gasteiger partial charge in [-0.25, -0.2) is 0 Å². The molecule has 0 bridgehead atoms. The quantitative estimate of drug-likeness (QED) is 0.283. The van der Waals surface area contributed by atoms with Crippen LogP contribution in [0.25, 0.3) is 0 Å². The Morgan fingerprint density at radius 1 is 1.22 bits per heavy atom. The molecule has 0 unspecified atom stereocenters. The summed E-state index contributed by atoms with van der Waals surface area (Å²) < 4.78 is 5.57. The summed E-state index contributed by atoms with van der Waals surface area (Å²) in [5, 5.41) is 32.6. The summed E-state index contributed by atoms with van der Waals surface area (Å²) in [6, 6.07) is 0. The Balaban J connectivity index is 1.57. The summed E-state index contributed by atoms with van der Waals surface area (Å²) in [5.41, 5.74) is -3.44. The summed E-state index contributed by atoms with van der Waals surface area (Å²) in [7, 11) is 0. The lowest BCUT2D eigenvalue weighted by Crippen LogP contribution is -2.43. The monoisotopic (exact) mass is 443 g/mol. The van der Waals surface area contributed by atoms with Crippen LogP contribution in [0.4, 0.5) is 0 Å². The molecule has 5 rings (SSSR count). The lowest BCUT2D eigenvalue weighted by molar-refractivity contribution is -0.123. The van der Waals surface area contributed by atoms with Gasteiger partial charge in [0, 0.05) is 17.9 Å². The Morgan fingerprint density at radius 3 is 2.72 bits per heavy atom. The summed E-state index contributed by atoms with van der Waals surface area (Å²) in [6.45, 7) is 4.12. The predicted molar refractivity (Wildman–Crippen MR) is 112 cm³/mol. The van der Waals surface area contributed by atoms with E-state index in [1.165, 1.54) is 0 Å². The molecular formula is C24H29NO7. The van der Waals surface area contributed by atoms with Gasteiger partial charge in [-0.15, -0.1) is 0 Å². The SMILES string of the molecule is C[C@H]1CC[C@@H]2[C@@H](C(=O)c3c(O)c([C@]4(O)CCC(=O)[C@@H]5O[C@@H]54)cn(O)c3=O)[C@@H](C)C=C[C@H]2C1. The van der Waals surface area contributed by atoms with E-state index in [0.717, 1.165) is 25.5 Å². The molecule has 0 amide bonds. The van der Waals surface area contributed by atoms with Gasteiger partial charge in [0.2, 0.25) is 0 Å². The molecule has 1 aromatic heterocycles. The summed E-state index contributed by atoms with van der Waals surface area (Å²) in [6.07, 6.45) is 6.31. The second-order valence-corrected chi connectivity index (χ2v) is 10.2. The molecule has 3 fully saturated rings. The molecule has 8 atom stereocenters. The molecule has 1 aromatic rings. The van der Waals surface area contributed by atoms with Gasteiger partial charge >= 0.3 is 0 Å². The van der Waals surface area contributed by atoms with Crippen molar-refractivity contribution in [3.63, 3.8) is 0 Å². The molecule has 2 saturated carbocycles. The zero-order chi connectivity index (χ0) is 22.9. The van der Waals surface area contributed by atoms with Crippen molar-refractivity contribution in [3.05, 3.63) is 39.8 Å². The zero-order valence-corrected chi connectivity index (χ0v) is 18.2. The van der Waals surface area contributed by atoms with Crippen molar-refractivity contribution < 1.29 is 29.7 Å². The number of Topliss-reactive ketones (excluding diaryl/α,β-unsaturated/α-hetero) is 2. The minimum Gasteiger partial charge on any atom is -0.507 e. The first kappa shape index (κ1) is 21.4. The number of ether oxygens (including phenoxy) is 1. The number of carbonyl (C=O) groups is 2. The van der Waals surface area contributed by atoms with Gasteiger partial charge in [0.1, 0.15) is 29.1 Å². The largest absolute Gasteiger partial charge is 0.507 e. The molecule has 32 heavy (non-hydrogen) atoms. The van der Waals surface area contributed by atoms with Crippen LogP contribution in [0.3, 0.4) is 0 Å². The van der Waals surface area contributed by atoms with Crippen molar-refractivity contribution in [3.8, 4) is 5.75 Å². The molecule has 1 aliphatic heterocycles. The molecule has 3 aliphatic carbocycles. The number of aromatic hydroxyl groups is 1. The lowest BCUT2D eigenvalue weighted by Gasteiger charge is -2.42. The molecule has 0 spiro atoms. The van der Waals surface area contributed by atoms with E-state index in [0.29, 0.717) is 5.92 Å². The van der Waals surface area contributed by atoms with Crippen molar-refractivity contribution in [2.24, 2.45) is 29.6 Å². The highest BCUT2D eigenvalue weighted by atomic mass is 16.6. The van der Waals surface area contributed by atoms with Crippen LogP contribution in [0.1, 0.15) is 61.9 Å². The lowest BCUT2D eigenvalue weighted by atomic mass is 9.61. The first-order chi connectivity index (χ1) is 15.1. The minimum absolute atomic E-state index is 0.0302. The zero-order valence-electron chi connectivity index (χ0n) is 18.2. The smallest absolute Gasteiger partial charge is 0.297 e. The molecule has 8 nitrogen and oxygen atoms in total. The van der Waals surface area contributed by atoms with Gasteiger partial charge in [-0.2, -0.15) is 4.73 Å². The Morgan fingerprint density at radius 2 is 1.97 bits per heavy atom. The minimum atomic E-state index is -1.77. The normalized spacial score (nSPS) is 40.5. The maximum absolute atomic E-state index is 13.7. The van der Waals surface area contributed by atoms with E-state index in [4.69, 9.17) is 4.74 Å². The third kappa shape index (κ3) is 3.07. The van der Waals surface area contributed by atoms with Gasteiger partial charge in [-0.3, -0.25) is 14.4 Å². The van der Waals surface area contributed by atoms with Crippen LogP contribution in [-0.2, 0) is 15.1 Å². The van der Waals surface area contributed by atoms with Crippen LogP contribution in [0.2, 0.25) is 0 Å². The van der Waals surface area contributed by atoms with E-state index >= 15 is 0 Å². The van der Waals surface area contributed by atoms with Gasteiger partial charge in [-0.1, -0.05) is 32.4 Å². The highest BCUT2D eigenvalue weighted by Gasteiger charge is 2.62. The van der Waals surface area contributed by atoms with Crippen LogP contribution >= 0.6 is 0 Å². The van der Waals surface area contributed by atoms with E-state index in [1.54, 1.807) is 0 Å². The van der Waals surface area contributed by atoms with Gasteiger partial charge < -0.3 is 20.2 Å². The fraction of sp³-hybridized carbons (Fsp3) is 0.625. The van der Waals surface area contributed by atoms with Gasteiger partial charge in [0.25, 0.3) is 5.56 Å². The molecule has 2 heterocycles. The first-order valence-corrected chi connectivity index (χ1v) is 11.4. The number of epoxide rings is 1. The second kappa shape index (κ2) is 7.28. The van der Waals surface area contributed by atoms with Crippen LogP contribution in [0.15, 0.2) is 23.1 Å². The number of fused-ring (bicyclic) bond motifs is 2. The van der Waals surface area contributed by atoms with Gasteiger partial charge in [0.05, 0.1) is 6.20 Å². The van der Waals surface area contributed by atoms with Gasteiger partial charge in [0.15, 0.2) is 11.6 Å². The fourth-order valence-corrected chi connectivity index (χ4v) is 6.28. The second-order valence-electron chi connectivity index (χ2n) is 10.2. The van der Waals surface area contributed by atoms with Crippen molar-refractivity contribution >= 4 is 11.6 Å². The number of rotatable bonds is 3.